The second-order valence-electron chi connectivity index (χ2n) is 3.95. The number of nitro groups is 1. The molecule has 0 aliphatic carbocycles. The van der Waals surface area contributed by atoms with Gasteiger partial charge in [0.2, 0.25) is 0 Å². The molecule has 0 aliphatic heterocycles. The number of carbonyl (C=O) groups excluding carboxylic acids is 1. The van der Waals surface area contributed by atoms with Gasteiger partial charge in [0, 0.05) is 13.7 Å². The number of hydrogen-bond donors (Lipinski definition) is 1. The van der Waals surface area contributed by atoms with Gasteiger partial charge in [0.15, 0.2) is 6.61 Å². The Morgan fingerprint density at radius 2 is 2.19 bits per heavy atom. The van der Waals surface area contributed by atoms with Gasteiger partial charge in [0.25, 0.3) is 5.69 Å². The van der Waals surface area contributed by atoms with Gasteiger partial charge in [-0.25, -0.2) is 4.79 Å². The molecule has 0 radical (unpaired) electrons. The highest BCUT2D eigenvalue weighted by molar-refractivity contribution is 5.71. The minimum Gasteiger partial charge on any atom is -0.482 e. The predicted molar refractivity (Wildman–Crippen MR) is 75.6 cm³/mol. The molecule has 0 amide bonds. The average molecular weight is 298 g/mol. The number of ether oxygens (including phenoxy) is 3. The lowest BCUT2D eigenvalue weighted by atomic mass is 10.2. The fourth-order valence-electron chi connectivity index (χ4n) is 1.53. The van der Waals surface area contributed by atoms with Gasteiger partial charge in [-0.15, -0.1) is 0 Å². The Morgan fingerprint density at radius 1 is 1.43 bits per heavy atom. The quantitative estimate of drug-likeness (QED) is 0.320. The number of carbonyl (C=O) groups is 1. The average Bonchev–Trinajstić information content (AvgIpc) is 2.46. The van der Waals surface area contributed by atoms with E-state index < -0.39 is 10.9 Å². The smallest absolute Gasteiger partial charge is 0.344 e. The second kappa shape index (κ2) is 8.75. The molecule has 0 spiro atoms. The van der Waals surface area contributed by atoms with Crippen LogP contribution in [0.5, 0.6) is 5.75 Å². The van der Waals surface area contributed by atoms with Crippen LogP contribution >= 0.6 is 0 Å². The first-order chi connectivity index (χ1) is 10.1. The number of nitro benzene ring substituents is 1. The Bertz CT molecular complexity index is 492. The van der Waals surface area contributed by atoms with Crippen molar-refractivity contribution in [2.24, 2.45) is 0 Å². The predicted octanol–water partition coefficient (Wildman–Crippen LogP) is 1.59. The Morgan fingerprint density at radius 3 is 2.81 bits per heavy atom. The molecule has 0 unspecified atom stereocenters. The molecule has 21 heavy (non-hydrogen) atoms. The minimum absolute atomic E-state index is 0.132. The molecule has 0 saturated heterocycles. The summed E-state index contributed by atoms with van der Waals surface area (Å²) in [5.41, 5.74) is 0.230. The summed E-state index contributed by atoms with van der Waals surface area (Å²) in [5.74, 6) is -0.297. The lowest BCUT2D eigenvalue weighted by Gasteiger charge is -2.09. The number of hydrogen-bond acceptors (Lipinski definition) is 7. The lowest BCUT2D eigenvalue weighted by molar-refractivity contribution is -0.384. The van der Waals surface area contributed by atoms with Crippen molar-refractivity contribution < 1.29 is 23.9 Å². The molecular formula is C13H18N2O6. The van der Waals surface area contributed by atoms with E-state index in [1.165, 1.54) is 12.1 Å². The second-order valence-corrected chi connectivity index (χ2v) is 3.95. The van der Waals surface area contributed by atoms with Gasteiger partial charge < -0.3 is 19.5 Å². The Labute approximate surface area is 122 Å². The number of anilines is 1. The molecule has 1 N–H and O–H groups in total. The maximum absolute atomic E-state index is 11.2. The fraction of sp³-hybridized carbons (Fsp3) is 0.462. The lowest BCUT2D eigenvalue weighted by Crippen LogP contribution is -2.14. The molecule has 0 aromatic heterocycles. The van der Waals surface area contributed by atoms with Gasteiger partial charge in [-0.05, 0) is 19.1 Å². The number of esters is 1. The molecule has 0 saturated carbocycles. The normalized spacial score (nSPS) is 10.0. The Kier molecular flexibility index (Phi) is 6.96. The topological polar surface area (TPSA) is 99.9 Å². The monoisotopic (exact) mass is 298 g/mol. The zero-order valence-electron chi connectivity index (χ0n) is 12.0. The number of benzene rings is 1. The zero-order valence-corrected chi connectivity index (χ0v) is 12.0. The third kappa shape index (κ3) is 5.65. The summed E-state index contributed by atoms with van der Waals surface area (Å²) in [5, 5.41) is 13.9. The SMILES string of the molecule is CCOC(=O)COc1ccc(NCCOC)c([N+](=O)[O-])c1. The Balaban J connectivity index is 2.73. The molecule has 0 bridgehead atoms. The third-order valence-corrected chi connectivity index (χ3v) is 2.45. The van der Waals surface area contributed by atoms with Crippen LogP contribution in [0, 0.1) is 10.1 Å². The number of methoxy groups -OCH3 is 1. The zero-order chi connectivity index (χ0) is 15.7. The van der Waals surface area contributed by atoms with Crippen molar-refractivity contribution in [3.05, 3.63) is 28.3 Å². The summed E-state index contributed by atoms with van der Waals surface area (Å²) in [6.07, 6.45) is 0. The van der Waals surface area contributed by atoms with Crippen molar-refractivity contribution >= 4 is 17.3 Å². The van der Waals surface area contributed by atoms with E-state index in [1.54, 1.807) is 20.1 Å². The molecule has 1 rings (SSSR count). The fourth-order valence-corrected chi connectivity index (χ4v) is 1.53. The summed E-state index contributed by atoms with van der Waals surface area (Å²) in [6, 6.07) is 4.32. The van der Waals surface area contributed by atoms with Gasteiger partial charge in [0.05, 0.1) is 24.2 Å². The van der Waals surface area contributed by atoms with E-state index in [4.69, 9.17) is 14.2 Å². The van der Waals surface area contributed by atoms with Crippen LogP contribution < -0.4 is 10.1 Å². The molecular weight excluding hydrogens is 280 g/mol. The van der Waals surface area contributed by atoms with Crippen LogP contribution in [0.15, 0.2) is 18.2 Å². The van der Waals surface area contributed by atoms with Crippen LogP contribution in [-0.4, -0.2) is 44.4 Å². The summed E-state index contributed by atoms with van der Waals surface area (Å²) >= 11 is 0. The van der Waals surface area contributed by atoms with E-state index in [9.17, 15) is 14.9 Å². The molecule has 0 aliphatic rings. The molecule has 8 nitrogen and oxygen atoms in total. The van der Waals surface area contributed by atoms with Crippen molar-refractivity contribution in [3.63, 3.8) is 0 Å². The minimum atomic E-state index is -0.526. The van der Waals surface area contributed by atoms with Crippen LogP contribution in [0.4, 0.5) is 11.4 Å². The van der Waals surface area contributed by atoms with Gasteiger partial charge in [0.1, 0.15) is 11.4 Å². The number of nitrogens with zero attached hydrogens (tertiary/aromatic N) is 1. The Hall–Kier alpha value is -2.35. The third-order valence-electron chi connectivity index (χ3n) is 2.45. The van der Waals surface area contributed by atoms with E-state index in [-0.39, 0.29) is 24.7 Å². The summed E-state index contributed by atoms with van der Waals surface area (Å²) < 4.78 is 14.7. The highest BCUT2D eigenvalue weighted by Gasteiger charge is 2.15. The van der Waals surface area contributed by atoms with Crippen molar-refractivity contribution in [3.8, 4) is 5.75 Å². The first kappa shape index (κ1) is 16.7. The first-order valence-corrected chi connectivity index (χ1v) is 6.38. The molecule has 8 heteroatoms. The molecule has 0 atom stereocenters. The van der Waals surface area contributed by atoms with Crippen LogP contribution in [-0.2, 0) is 14.3 Å². The van der Waals surface area contributed by atoms with E-state index in [1.807, 2.05) is 0 Å². The van der Waals surface area contributed by atoms with Crippen molar-refractivity contribution in [2.75, 3.05) is 38.8 Å². The molecule has 0 heterocycles. The van der Waals surface area contributed by atoms with E-state index in [2.05, 4.69) is 5.32 Å². The van der Waals surface area contributed by atoms with Crippen LogP contribution in [0.25, 0.3) is 0 Å². The largest absolute Gasteiger partial charge is 0.482 e. The van der Waals surface area contributed by atoms with Crippen molar-refractivity contribution in [2.45, 2.75) is 6.92 Å². The highest BCUT2D eigenvalue weighted by atomic mass is 16.6. The van der Waals surface area contributed by atoms with Gasteiger partial charge in [-0.2, -0.15) is 0 Å². The maximum Gasteiger partial charge on any atom is 0.344 e. The van der Waals surface area contributed by atoms with Crippen LogP contribution in [0.1, 0.15) is 6.92 Å². The van der Waals surface area contributed by atoms with E-state index >= 15 is 0 Å². The summed E-state index contributed by atoms with van der Waals surface area (Å²) in [6.45, 7) is 2.52. The number of rotatable bonds is 9. The van der Waals surface area contributed by atoms with Crippen LogP contribution in [0.3, 0.4) is 0 Å². The highest BCUT2D eigenvalue weighted by Crippen LogP contribution is 2.28. The molecule has 116 valence electrons. The van der Waals surface area contributed by atoms with Gasteiger partial charge in [-0.1, -0.05) is 0 Å². The van der Waals surface area contributed by atoms with Crippen molar-refractivity contribution in [1.82, 2.24) is 0 Å². The van der Waals surface area contributed by atoms with Gasteiger partial charge in [-0.3, -0.25) is 10.1 Å². The van der Waals surface area contributed by atoms with Crippen molar-refractivity contribution in [1.29, 1.82) is 0 Å². The molecule has 1 aromatic rings. The standard InChI is InChI=1S/C13H18N2O6/c1-3-20-13(16)9-21-10-4-5-11(14-6-7-19-2)12(8-10)15(17)18/h4-5,8,14H,3,6-7,9H2,1-2H3. The molecule has 1 aromatic carbocycles. The van der Waals surface area contributed by atoms with E-state index in [0.717, 1.165) is 0 Å². The number of nitrogens with one attached hydrogen (secondary N) is 1. The van der Waals surface area contributed by atoms with Crippen LogP contribution in [0.2, 0.25) is 0 Å². The first-order valence-electron chi connectivity index (χ1n) is 6.38. The maximum atomic E-state index is 11.2. The summed E-state index contributed by atoms with van der Waals surface area (Å²) in [7, 11) is 1.54. The molecule has 0 fully saturated rings. The summed E-state index contributed by atoms with van der Waals surface area (Å²) in [4.78, 5) is 21.7. The van der Waals surface area contributed by atoms with Gasteiger partial charge >= 0.3 is 5.97 Å². The van der Waals surface area contributed by atoms with E-state index in [0.29, 0.717) is 18.8 Å².